The topological polar surface area (TPSA) is 85.8 Å². The highest BCUT2D eigenvalue weighted by molar-refractivity contribution is 14.0. The number of amides is 1. The number of anilines is 1. The van der Waals surface area contributed by atoms with Gasteiger partial charge >= 0.3 is 0 Å². The fourth-order valence-corrected chi connectivity index (χ4v) is 4.29. The highest BCUT2D eigenvalue weighted by Gasteiger charge is 2.36. The number of benzene rings is 2. The van der Waals surface area contributed by atoms with Gasteiger partial charge in [-0.3, -0.25) is 4.79 Å². The van der Waals surface area contributed by atoms with E-state index >= 15 is 0 Å². The molecule has 30 heavy (non-hydrogen) atoms. The van der Waals surface area contributed by atoms with Crippen LogP contribution >= 0.6 is 24.0 Å². The van der Waals surface area contributed by atoms with Crippen LogP contribution in [-0.2, 0) is 16.8 Å². The molecule has 0 saturated carbocycles. The molecule has 1 heterocycles. The van der Waals surface area contributed by atoms with Crippen molar-refractivity contribution >= 4 is 41.5 Å². The van der Waals surface area contributed by atoms with Crippen LogP contribution < -0.4 is 16.0 Å². The minimum Gasteiger partial charge on any atom is -0.383 e. The second-order valence-corrected chi connectivity index (χ2v) is 7.80. The number of halogens is 1. The third-order valence-electron chi connectivity index (χ3n) is 5.79. The highest BCUT2D eigenvalue weighted by atomic mass is 127. The molecule has 1 amide bonds. The molecule has 0 bridgehead atoms. The molecule has 160 valence electrons. The van der Waals surface area contributed by atoms with E-state index in [1.807, 2.05) is 43.3 Å². The van der Waals surface area contributed by atoms with E-state index in [2.05, 4.69) is 33.1 Å². The third kappa shape index (κ3) is 4.78. The number of rotatable bonds is 5. The van der Waals surface area contributed by atoms with Gasteiger partial charge in [0.2, 0.25) is 5.91 Å². The van der Waals surface area contributed by atoms with Gasteiger partial charge in [-0.1, -0.05) is 42.5 Å². The SMILES string of the molecule is CCNC(=NCC1(O)CCc2ccccc21)NCC1CC(=O)Nc2ccccc21.I. The Bertz CT molecular complexity index is 933. The maximum absolute atomic E-state index is 12.0. The summed E-state index contributed by atoms with van der Waals surface area (Å²) in [5.74, 6) is 0.780. The van der Waals surface area contributed by atoms with E-state index in [1.54, 1.807) is 0 Å². The number of carbonyl (C=O) groups excluding carboxylic acids is 1. The Morgan fingerprint density at radius 2 is 1.97 bits per heavy atom. The van der Waals surface area contributed by atoms with Gasteiger partial charge in [0, 0.05) is 31.1 Å². The molecule has 2 unspecified atom stereocenters. The van der Waals surface area contributed by atoms with E-state index in [-0.39, 0.29) is 35.8 Å². The number of fused-ring (bicyclic) bond motifs is 2. The summed E-state index contributed by atoms with van der Waals surface area (Å²) in [4.78, 5) is 16.7. The van der Waals surface area contributed by atoms with Crippen molar-refractivity contribution in [3.05, 3.63) is 65.2 Å². The lowest BCUT2D eigenvalue weighted by molar-refractivity contribution is -0.116. The number of guanidine groups is 1. The molecule has 2 aromatic carbocycles. The van der Waals surface area contributed by atoms with E-state index < -0.39 is 5.60 Å². The Hall–Kier alpha value is -2.13. The average molecular weight is 520 g/mol. The summed E-state index contributed by atoms with van der Waals surface area (Å²) >= 11 is 0. The molecule has 4 rings (SSSR count). The second-order valence-electron chi connectivity index (χ2n) is 7.80. The van der Waals surface area contributed by atoms with Gasteiger partial charge < -0.3 is 21.1 Å². The van der Waals surface area contributed by atoms with Crippen molar-refractivity contribution < 1.29 is 9.90 Å². The van der Waals surface area contributed by atoms with Gasteiger partial charge in [-0.15, -0.1) is 24.0 Å². The number of aliphatic hydroxyl groups is 1. The quantitative estimate of drug-likeness (QED) is 0.277. The highest BCUT2D eigenvalue weighted by Crippen LogP contribution is 2.37. The maximum Gasteiger partial charge on any atom is 0.225 e. The van der Waals surface area contributed by atoms with Gasteiger partial charge in [-0.2, -0.15) is 0 Å². The number of carbonyl (C=O) groups is 1. The summed E-state index contributed by atoms with van der Waals surface area (Å²) in [6, 6.07) is 16.0. The minimum absolute atomic E-state index is 0. The molecule has 0 aromatic heterocycles. The first-order valence-electron chi connectivity index (χ1n) is 10.3. The summed E-state index contributed by atoms with van der Waals surface area (Å²) < 4.78 is 0. The summed E-state index contributed by atoms with van der Waals surface area (Å²) in [6.07, 6.45) is 2.01. The van der Waals surface area contributed by atoms with Crippen LogP contribution in [0.3, 0.4) is 0 Å². The lowest BCUT2D eigenvalue weighted by Gasteiger charge is -2.27. The van der Waals surface area contributed by atoms with Gasteiger partial charge in [0.15, 0.2) is 5.96 Å². The molecule has 4 N–H and O–H groups in total. The van der Waals surface area contributed by atoms with Crippen molar-refractivity contribution in [2.75, 3.05) is 25.0 Å². The van der Waals surface area contributed by atoms with Gasteiger partial charge in [-0.25, -0.2) is 4.99 Å². The molecule has 0 fully saturated rings. The summed E-state index contributed by atoms with van der Waals surface area (Å²) in [5.41, 5.74) is 3.29. The normalized spacial score (nSPS) is 22.4. The number of nitrogens with zero attached hydrogens (tertiary/aromatic N) is 1. The van der Waals surface area contributed by atoms with Crippen molar-refractivity contribution in [1.29, 1.82) is 0 Å². The molecule has 6 nitrogen and oxygen atoms in total. The molecular weight excluding hydrogens is 491 g/mol. The predicted molar refractivity (Wildman–Crippen MR) is 130 cm³/mol. The lowest BCUT2D eigenvalue weighted by atomic mass is 9.90. The first kappa shape index (κ1) is 22.6. The van der Waals surface area contributed by atoms with Gasteiger partial charge in [-0.05, 0) is 42.5 Å². The molecule has 2 atom stereocenters. The zero-order chi connectivity index (χ0) is 20.3. The summed E-state index contributed by atoms with van der Waals surface area (Å²) in [5, 5.41) is 20.7. The minimum atomic E-state index is -0.920. The molecular formula is C23H29IN4O2. The van der Waals surface area contributed by atoms with E-state index in [9.17, 15) is 9.90 Å². The van der Waals surface area contributed by atoms with Crippen LogP contribution in [0.1, 0.15) is 42.4 Å². The average Bonchev–Trinajstić information content (AvgIpc) is 3.07. The van der Waals surface area contributed by atoms with Crippen molar-refractivity contribution in [1.82, 2.24) is 10.6 Å². The van der Waals surface area contributed by atoms with Gasteiger partial charge in [0.1, 0.15) is 5.60 Å². The first-order chi connectivity index (χ1) is 14.1. The van der Waals surface area contributed by atoms with Crippen LogP contribution in [0.2, 0.25) is 0 Å². The predicted octanol–water partition coefficient (Wildman–Crippen LogP) is 3.12. The molecule has 7 heteroatoms. The summed E-state index contributed by atoms with van der Waals surface area (Å²) in [7, 11) is 0. The van der Waals surface area contributed by atoms with Crippen LogP contribution in [0.15, 0.2) is 53.5 Å². The third-order valence-corrected chi connectivity index (χ3v) is 5.79. The van der Waals surface area contributed by atoms with Gasteiger partial charge in [0.05, 0.1) is 6.54 Å². The summed E-state index contributed by atoms with van der Waals surface area (Å²) in [6.45, 7) is 3.65. The Morgan fingerprint density at radius 1 is 1.20 bits per heavy atom. The van der Waals surface area contributed by atoms with Crippen molar-refractivity contribution in [2.45, 2.75) is 37.7 Å². The Balaban J connectivity index is 0.00000256. The molecule has 0 saturated heterocycles. The van der Waals surface area contributed by atoms with Crippen LogP contribution in [-0.4, -0.2) is 36.6 Å². The monoisotopic (exact) mass is 520 g/mol. The van der Waals surface area contributed by atoms with E-state index in [1.165, 1.54) is 5.56 Å². The largest absolute Gasteiger partial charge is 0.383 e. The zero-order valence-corrected chi connectivity index (χ0v) is 19.5. The number of nitrogens with one attached hydrogen (secondary N) is 3. The van der Waals surface area contributed by atoms with E-state index in [0.717, 1.165) is 29.8 Å². The zero-order valence-electron chi connectivity index (χ0n) is 17.1. The van der Waals surface area contributed by atoms with E-state index in [0.29, 0.717) is 31.9 Å². The maximum atomic E-state index is 12.0. The smallest absolute Gasteiger partial charge is 0.225 e. The molecule has 2 aliphatic rings. The Morgan fingerprint density at radius 3 is 2.80 bits per heavy atom. The van der Waals surface area contributed by atoms with Crippen LogP contribution in [0.25, 0.3) is 0 Å². The number of aryl methyl sites for hydroxylation is 1. The molecule has 1 aliphatic heterocycles. The van der Waals surface area contributed by atoms with Crippen molar-refractivity contribution in [3.8, 4) is 0 Å². The Kier molecular flexibility index (Phi) is 7.36. The molecule has 0 radical (unpaired) electrons. The van der Waals surface area contributed by atoms with Crippen LogP contribution in [0, 0.1) is 0 Å². The lowest BCUT2D eigenvalue weighted by Crippen LogP contribution is -2.41. The molecule has 0 spiro atoms. The Labute approximate surface area is 194 Å². The van der Waals surface area contributed by atoms with Crippen LogP contribution in [0.4, 0.5) is 5.69 Å². The fraction of sp³-hybridized carbons (Fsp3) is 0.391. The van der Waals surface area contributed by atoms with Crippen LogP contribution in [0.5, 0.6) is 0 Å². The number of aliphatic imine (C=N–C) groups is 1. The molecule has 2 aromatic rings. The van der Waals surface area contributed by atoms with Crippen molar-refractivity contribution in [3.63, 3.8) is 0 Å². The second kappa shape index (κ2) is 9.78. The van der Waals surface area contributed by atoms with Crippen molar-refractivity contribution in [2.24, 2.45) is 4.99 Å². The van der Waals surface area contributed by atoms with Gasteiger partial charge in [0.25, 0.3) is 0 Å². The standard InChI is InChI=1S/C23H28N4O2.HI/c1-2-24-22(26-15-23(29)12-11-16-7-3-5-9-19(16)23)25-14-17-13-21(28)27-20-10-6-4-8-18(17)20;/h3-10,17,29H,2,11-15H2,1H3,(H,27,28)(H2,24,25,26);1H. The molecule has 1 aliphatic carbocycles. The first-order valence-corrected chi connectivity index (χ1v) is 10.3. The fourth-order valence-electron chi connectivity index (χ4n) is 4.29. The number of hydrogen-bond donors (Lipinski definition) is 4. The number of para-hydroxylation sites is 1. The van der Waals surface area contributed by atoms with E-state index in [4.69, 9.17) is 0 Å². The number of hydrogen-bond acceptors (Lipinski definition) is 3.